The van der Waals surface area contributed by atoms with E-state index in [2.05, 4.69) is 101 Å². The highest BCUT2D eigenvalue weighted by Crippen LogP contribution is 2.40. The van der Waals surface area contributed by atoms with E-state index in [9.17, 15) is 0 Å². The second-order valence-electron chi connectivity index (χ2n) is 12.8. The molecule has 1 aliphatic heterocycles. The van der Waals surface area contributed by atoms with Crippen LogP contribution in [0.5, 0.6) is 0 Å². The molecule has 1 aliphatic rings. The molecule has 240 valence electrons. The van der Waals surface area contributed by atoms with Crippen molar-refractivity contribution < 1.29 is 8.83 Å². The highest BCUT2D eigenvalue weighted by atomic mass is 32.1. The van der Waals surface area contributed by atoms with Gasteiger partial charge < -0.3 is 14.2 Å². The SMILES string of the molecule is c1ccc(C2N=C(c3cc(-c4ccc5c(c4)sc4ccccc45)cc4oc5cnccc5c34)N=C(c3cccc4c3oc3ccccc34)N2)cc1. The molecule has 0 amide bonds. The molecule has 4 aromatic heterocycles. The Kier molecular flexibility index (Phi) is 6.08. The van der Waals surface area contributed by atoms with Crippen molar-refractivity contribution in [3.05, 3.63) is 163 Å². The average Bonchev–Trinajstić information content (AvgIpc) is 3.88. The molecular formula is C44H26N4O2S. The molecule has 0 saturated heterocycles. The van der Waals surface area contributed by atoms with Gasteiger partial charge in [0.05, 0.1) is 11.8 Å². The van der Waals surface area contributed by atoms with E-state index < -0.39 is 0 Å². The number of amidine groups is 2. The zero-order chi connectivity index (χ0) is 33.5. The van der Waals surface area contributed by atoms with Crippen molar-refractivity contribution in [3.8, 4) is 11.1 Å². The summed E-state index contributed by atoms with van der Waals surface area (Å²) in [7, 11) is 0. The number of rotatable bonds is 4. The van der Waals surface area contributed by atoms with Gasteiger partial charge >= 0.3 is 0 Å². The summed E-state index contributed by atoms with van der Waals surface area (Å²) in [6, 6.07) is 46.3. The van der Waals surface area contributed by atoms with Gasteiger partial charge in [-0.2, -0.15) is 0 Å². The fourth-order valence-corrected chi connectivity index (χ4v) is 8.60. The molecule has 0 fully saturated rings. The van der Waals surface area contributed by atoms with Crippen LogP contribution in [0.25, 0.3) is 75.2 Å². The van der Waals surface area contributed by atoms with Crippen LogP contribution in [0.1, 0.15) is 22.9 Å². The van der Waals surface area contributed by atoms with Crippen LogP contribution in [0.15, 0.2) is 165 Å². The fourth-order valence-electron chi connectivity index (χ4n) is 7.45. The van der Waals surface area contributed by atoms with Gasteiger partial charge in [-0.3, -0.25) is 4.98 Å². The molecule has 1 atom stereocenters. The van der Waals surface area contributed by atoms with E-state index in [0.29, 0.717) is 11.7 Å². The van der Waals surface area contributed by atoms with Crippen LogP contribution in [0.2, 0.25) is 0 Å². The van der Waals surface area contributed by atoms with Gasteiger partial charge in [0.2, 0.25) is 0 Å². The number of pyridine rings is 1. The Labute approximate surface area is 295 Å². The van der Waals surface area contributed by atoms with Gasteiger partial charge in [0.15, 0.2) is 11.4 Å². The van der Waals surface area contributed by atoms with Crippen LogP contribution >= 0.6 is 11.3 Å². The van der Waals surface area contributed by atoms with E-state index in [1.807, 2.05) is 53.8 Å². The molecule has 7 heteroatoms. The third-order valence-electron chi connectivity index (χ3n) is 9.85. The number of hydrogen-bond acceptors (Lipinski definition) is 7. The molecule has 0 radical (unpaired) electrons. The van der Waals surface area contributed by atoms with E-state index in [4.69, 9.17) is 18.8 Å². The summed E-state index contributed by atoms with van der Waals surface area (Å²) in [5, 5.41) is 10.2. The van der Waals surface area contributed by atoms with E-state index in [1.54, 1.807) is 12.4 Å². The first-order valence-electron chi connectivity index (χ1n) is 16.9. The first-order valence-corrected chi connectivity index (χ1v) is 17.7. The van der Waals surface area contributed by atoms with Gasteiger partial charge in [0.1, 0.15) is 28.8 Å². The van der Waals surface area contributed by atoms with Crippen molar-refractivity contribution in [2.24, 2.45) is 9.98 Å². The van der Waals surface area contributed by atoms with Crippen LogP contribution in [-0.2, 0) is 0 Å². The Hall–Kier alpha value is -6.57. The molecule has 0 aliphatic carbocycles. The van der Waals surface area contributed by atoms with Crippen molar-refractivity contribution in [1.82, 2.24) is 10.3 Å². The molecule has 6 nitrogen and oxygen atoms in total. The van der Waals surface area contributed by atoms with Crippen LogP contribution in [0.3, 0.4) is 0 Å². The fraction of sp³-hybridized carbons (Fsp3) is 0.0227. The summed E-state index contributed by atoms with van der Waals surface area (Å²) >= 11 is 1.81. The van der Waals surface area contributed by atoms with Crippen molar-refractivity contribution in [2.75, 3.05) is 0 Å². The highest BCUT2D eigenvalue weighted by molar-refractivity contribution is 7.25. The molecule has 51 heavy (non-hydrogen) atoms. The number of thiophene rings is 1. The standard InChI is InChI=1S/C44H26N4O2S/c1-2-9-25(10-3-1)42-46-43(33-14-8-13-31-28-11-4-6-15-35(28)50-41(31)33)48-44(47-42)34-21-27(22-36-40(34)32-19-20-45-24-37(32)49-36)26-17-18-30-29-12-5-7-16-38(29)51-39(30)23-26/h1-24,42H,(H,46,47,48). The third kappa shape index (κ3) is 4.45. The number of para-hydroxylation sites is 2. The van der Waals surface area contributed by atoms with E-state index in [-0.39, 0.29) is 6.17 Å². The van der Waals surface area contributed by atoms with Gasteiger partial charge in [-0.1, -0.05) is 91.0 Å². The maximum Gasteiger partial charge on any atom is 0.160 e. The minimum atomic E-state index is -0.387. The topological polar surface area (TPSA) is 75.9 Å². The van der Waals surface area contributed by atoms with Crippen LogP contribution < -0.4 is 5.32 Å². The van der Waals surface area contributed by atoms with E-state index in [1.165, 1.54) is 20.2 Å². The molecule has 5 heterocycles. The third-order valence-corrected chi connectivity index (χ3v) is 11.0. The van der Waals surface area contributed by atoms with Crippen molar-refractivity contribution >= 4 is 87.1 Å². The lowest BCUT2D eigenvalue weighted by Crippen LogP contribution is -2.33. The van der Waals surface area contributed by atoms with Gasteiger partial charge in [-0.25, -0.2) is 9.98 Å². The summed E-state index contributed by atoms with van der Waals surface area (Å²) in [4.78, 5) is 15.0. The van der Waals surface area contributed by atoms with Crippen LogP contribution in [0.4, 0.5) is 0 Å². The monoisotopic (exact) mass is 674 g/mol. The second-order valence-corrected chi connectivity index (χ2v) is 13.9. The maximum atomic E-state index is 6.50. The number of aliphatic imine (C=N–C) groups is 2. The first kappa shape index (κ1) is 28.3. The summed E-state index contributed by atoms with van der Waals surface area (Å²) in [5.74, 6) is 1.30. The van der Waals surface area contributed by atoms with Crippen LogP contribution in [0, 0.1) is 0 Å². The normalized spacial score (nSPS) is 14.9. The summed E-state index contributed by atoms with van der Waals surface area (Å²) < 4.78 is 15.5. The lowest BCUT2D eigenvalue weighted by atomic mass is 9.97. The molecule has 6 aromatic carbocycles. The molecular weight excluding hydrogens is 649 g/mol. The number of hydrogen-bond donors (Lipinski definition) is 1. The highest BCUT2D eigenvalue weighted by Gasteiger charge is 2.26. The molecule has 0 bridgehead atoms. The van der Waals surface area contributed by atoms with Gasteiger partial charge in [-0.15, -0.1) is 11.3 Å². The van der Waals surface area contributed by atoms with Crippen molar-refractivity contribution in [1.29, 1.82) is 0 Å². The minimum Gasteiger partial charge on any atom is -0.455 e. The van der Waals surface area contributed by atoms with Crippen molar-refractivity contribution in [3.63, 3.8) is 0 Å². The zero-order valence-corrected chi connectivity index (χ0v) is 27.8. The first-order chi connectivity index (χ1) is 25.2. The number of nitrogens with one attached hydrogen (secondary N) is 1. The van der Waals surface area contributed by atoms with Gasteiger partial charge in [0, 0.05) is 53.5 Å². The Balaban J connectivity index is 1.16. The predicted octanol–water partition coefficient (Wildman–Crippen LogP) is 11.4. The average molecular weight is 675 g/mol. The lowest BCUT2D eigenvalue weighted by Gasteiger charge is -2.24. The Bertz CT molecular complexity index is 3080. The summed E-state index contributed by atoms with van der Waals surface area (Å²) in [5.41, 5.74) is 8.02. The Morgan fingerprint density at radius 2 is 1.39 bits per heavy atom. The number of furan rings is 2. The van der Waals surface area contributed by atoms with Crippen molar-refractivity contribution in [2.45, 2.75) is 6.17 Å². The number of fused-ring (bicyclic) bond motifs is 9. The number of aromatic nitrogens is 1. The van der Waals surface area contributed by atoms with Gasteiger partial charge in [-0.05, 0) is 59.2 Å². The second kappa shape index (κ2) is 11.0. The quantitative estimate of drug-likeness (QED) is 0.202. The largest absolute Gasteiger partial charge is 0.455 e. The van der Waals surface area contributed by atoms with E-state index in [0.717, 1.165) is 71.7 Å². The lowest BCUT2D eigenvalue weighted by molar-refractivity contribution is 0.659. The van der Waals surface area contributed by atoms with Gasteiger partial charge in [0.25, 0.3) is 0 Å². The molecule has 1 N–H and O–H groups in total. The van der Waals surface area contributed by atoms with E-state index >= 15 is 0 Å². The van der Waals surface area contributed by atoms with Crippen LogP contribution in [-0.4, -0.2) is 16.7 Å². The predicted molar refractivity (Wildman–Crippen MR) is 209 cm³/mol. The Morgan fingerprint density at radius 3 is 2.33 bits per heavy atom. The molecule has 0 spiro atoms. The molecule has 10 aromatic rings. The smallest absolute Gasteiger partial charge is 0.160 e. The molecule has 0 saturated carbocycles. The molecule has 1 unspecified atom stereocenters. The minimum absolute atomic E-state index is 0.387. The Morgan fingerprint density at radius 1 is 0.569 bits per heavy atom. The molecule has 11 rings (SSSR count). The summed E-state index contributed by atoms with van der Waals surface area (Å²) in [6.07, 6.45) is 3.19. The zero-order valence-electron chi connectivity index (χ0n) is 27.0. The number of nitrogens with zero attached hydrogens (tertiary/aromatic N) is 3. The summed E-state index contributed by atoms with van der Waals surface area (Å²) in [6.45, 7) is 0. The maximum absolute atomic E-state index is 6.50. The number of benzene rings is 6.